The zero-order chi connectivity index (χ0) is 13.0. The highest BCUT2D eigenvalue weighted by molar-refractivity contribution is 9.10. The quantitative estimate of drug-likeness (QED) is 0.846. The fourth-order valence-electron chi connectivity index (χ4n) is 1.55. The third kappa shape index (κ3) is 4.85. The predicted octanol–water partition coefficient (Wildman–Crippen LogP) is 3.20. The van der Waals surface area contributed by atoms with E-state index in [0.717, 1.165) is 35.4 Å². The highest BCUT2D eigenvalue weighted by Gasteiger charge is 2.08. The predicted molar refractivity (Wildman–Crippen MR) is 77.9 cm³/mol. The van der Waals surface area contributed by atoms with Gasteiger partial charge in [-0.05, 0) is 42.4 Å². The fourth-order valence-corrected chi connectivity index (χ4v) is 2.14. The Hall–Kier alpha value is -0.260. The minimum Gasteiger partial charge on any atom is -0.346 e. The van der Waals surface area contributed by atoms with Crippen LogP contribution in [0, 0.1) is 10.6 Å². The topological polar surface area (TPSA) is 31.9 Å². The number of nitrogens with zero attached hydrogens (tertiary/aromatic N) is 2. The molecular weight excluding hydrogens is 298 g/mol. The molecule has 1 rings (SSSR count). The van der Waals surface area contributed by atoms with Crippen molar-refractivity contribution in [1.82, 2.24) is 14.9 Å². The van der Waals surface area contributed by atoms with Gasteiger partial charge in [-0.3, -0.25) is 0 Å². The molecule has 0 aliphatic carbocycles. The second-order valence-electron chi connectivity index (χ2n) is 4.93. The molecule has 3 nitrogen and oxygen atoms in total. The normalized spacial score (nSPS) is 11.5. The summed E-state index contributed by atoms with van der Waals surface area (Å²) in [5.74, 6) is 1.57. The first kappa shape index (κ1) is 14.8. The van der Waals surface area contributed by atoms with Crippen LogP contribution in [0.2, 0.25) is 0 Å². The van der Waals surface area contributed by atoms with E-state index < -0.39 is 0 Å². The summed E-state index contributed by atoms with van der Waals surface area (Å²) in [7, 11) is 4.12. The Kier molecular flexibility index (Phi) is 5.76. The molecule has 0 amide bonds. The lowest BCUT2D eigenvalue weighted by atomic mass is 10.1. The fraction of sp³-hybridized carbons (Fsp3) is 0.667. The van der Waals surface area contributed by atoms with E-state index in [9.17, 15) is 0 Å². The van der Waals surface area contributed by atoms with Crippen LogP contribution in [0.3, 0.4) is 0 Å². The summed E-state index contributed by atoms with van der Waals surface area (Å²) in [6.45, 7) is 5.37. The molecule has 0 atom stereocenters. The molecule has 1 N–H and O–H groups in total. The summed E-state index contributed by atoms with van der Waals surface area (Å²) in [5, 5.41) is 0. The van der Waals surface area contributed by atoms with Crippen LogP contribution < -0.4 is 0 Å². The van der Waals surface area contributed by atoms with Crippen LogP contribution in [0.15, 0.2) is 4.47 Å². The van der Waals surface area contributed by atoms with E-state index in [2.05, 4.69) is 58.7 Å². The van der Waals surface area contributed by atoms with Crippen molar-refractivity contribution in [3.8, 4) is 0 Å². The van der Waals surface area contributed by atoms with E-state index in [1.165, 1.54) is 0 Å². The van der Waals surface area contributed by atoms with Crippen LogP contribution >= 0.6 is 28.1 Å². The van der Waals surface area contributed by atoms with E-state index in [-0.39, 0.29) is 0 Å². The number of hydrogen-bond donors (Lipinski definition) is 1. The highest BCUT2D eigenvalue weighted by atomic mass is 79.9. The number of aromatic amines is 1. The second kappa shape index (κ2) is 6.61. The Labute approximate surface area is 117 Å². The maximum absolute atomic E-state index is 5.27. The lowest BCUT2D eigenvalue weighted by Crippen LogP contribution is -2.17. The van der Waals surface area contributed by atoms with Gasteiger partial charge in [-0.15, -0.1) is 0 Å². The van der Waals surface area contributed by atoms with Gasteiger partial charge in [-0.1, -0.05) is 26.1 Å². The zero-order valence-electron chi connectivity index (χ0n) is 10.9. The van der Waals surface area contributed by atoms with Crippen LogP contribution in [0.4, 0.5) is 0 Å². The van der Waals surface area contributed by atoms with Crippen LogP contribution in [-0.4, -0.2) is 35.5 Å². The Bertz CT molecular complexity index is 426. The van der Waals surface area contributed by atoms with Gasteiger partial charge in [0, 0.05) is 18.7 Å². The molecule has 0 unspecified atom stereocenters. The second-order valence-corrected chi connectivity index (χ2v) is 6.11. The number of rotatable bonds is 5. The zero-order valence-corrected chi connectivity index (χ0v) is 13.3. The molecule has 1 aromatic rings. The van der Waals surface area contributed by atoms with E-state index in [4.69, 9.17) is 12.2 Å². The Morgan fingerprint density at radius 3 is 2.59 bits per heavy atom. The van der Waals surface area contributed by atoms with Crippen LogP contribution in [0.5, 0.6) is 0 Å². The maximum Gasteiger partial charge on any atom is 0.144 e. The number of halogens is 1. The first-order valence-corrected chi connectivity index (χ1v) is 7.02. The van der Waals surface area contributed by atoms with Crippen LogP contribution in [0.1, 0.15) is 25.4 Å². The SMILES string of the molecule is CC(C)Cc1[nH]c(CCN(C)C)nc(=S)c1Br. The molecule has 0 saturated heterocycles. The summed E-state index contributed by atoms with van der Waals surface area (Å²) in [6, 6.07) is 0. The number of nitrogens with one attached hydrogen (secondary N) is 1. The monoisotopic (exact) mass is 317 g/mol. The number of likely N-dealkylation sites (N-methyl/N-ethyl adjacent to an activating group) is 1. The molecule has 0 saturated carbocycles. The van der Waals surface area contributed by atoms with Gasteiger partial charge in [-0.25, -0.2) is 4.98 Å². The Balaban J connectivity index is 2.93. The highest BCUT2D eigenvalue weighted by Crippen LogP contribution is 2.19. The van der Waals surface area contributed by atoms with E-state index in [1.807, 2.05) is 0 Å². The first-order chi connectivity index (χ1) is 7.90. The summed E-state index contributed by atoms with van der Waals surface area (Å²) in [5.41, 5.74) is 1.16. The van der Waals surface area contributed by atoms with E-state index in [1.54, 1.807) is 0 Å². The average Bonchev–Trinajstić information content (AvgIpc) is 2.21. The van der Waals surface area contributed by atoms with E-state index in [0.29, 0.717) is 10.6 Å². The van der Waals surface area contributed by atoms with Crippen molar-refractivity contribution in [2.45, 2.75) is 26.7 Å². The van der Waals surface area contributed by atoms with Gasteiger partial charge in [0.2, 0.25) is 0 Å². The number of aromatic nitrogens is 2. The molecule has 1 heterocycles. The van der Waals surface area contributed by atoms with Crippen molar-refractivity contribution >= 4 is 28.1 Å². The number of H-pyrrole nitrogens is 1. The molecule has 0 radical (unpaired) electrons. The summed E-state index contributed by atoms with van der Waals surface area (Å²) < 4.78 is 1.60. The van der Waals surface area contributed by atoms with Gasteiger partial charge in [0.1, 0.15) is 10.5 Å². The number of hydrogen-bond acceptors (Lipinski definition) is 3. The van der Waals surface area contributed by atoms with Gasteiger partial charge in [-0.2, -0.15) is 0 Å². The molecule has 0 aliphatic heterocycles. The van der Waals surface area contributed by atoms with Gasteiger partial charge in [0.15, 0.2) is 0 Å². The third-order valence-electron chi connectivity index (χ3n) is 2.39. The minimum absolute atomic E-state index is 0.598. The first-order valence-electron chi connectivity index (χ1n) is 5.82. The molecule has 0 aromatic carbocycles. The van der Waals surface area contributed by atoms with Crippen LogP contribution in [0.25, 0.3) is 0 Å². The molecule has 17 heavy (non-hydrogen) atoms. The molecule has 0 aliphatic rings. The van der Waals surface area contributed by atoms with Crippen molar-refractivity contribution < 1.29 is 0 Å². The molecule has 96 valence electrons. The summed E-state index contributed by atoms with van der Waals surface area (Å²) >= 11 is 8.78. The third-order valence-corrected chi connectivity index (χ3v) is 3.80. The van der Waals surface area contributed by atoms with Crippen LogP contribution in [-0.2, 0) is 12.8 Å². The maximum atomic E-state index is 5.27. The van der Waals surface area contributed by atoms with Gasteiger partial charge < -0.3 is 9.88 Å². The molecule has 5 heteroatoms. The van der Waals surface area contributed by atoms with Gasteiger partial charge in [0.25, 0.3) is 0 Å². The smallest absolute Gasteiger partial charge is 0.144 e. The lowest BCUT2D eigenvalue weighted by Gasteiger charge is -2.12. The molecule has 0 fully saturated rings. The molecule has 0 bridgehead atoms. The minimum atomic E-state index is 0.598. The van der Waals surface area contributed by atoms with Crippen molar-refractivity contribution in [2.24, 2.45) is 5.92 Å². The van der Waals surface area contributed by atoms with E-state index >= 15 is 0 Å². The van der Waals surface area contributed by atoms with Crippen molar-refractivity contribution in [3.63, 3.8) is 0 Å². The van der Waals surface area contributed by atoms with Crippen molar-refractivity contribution in [3.05, 3.63) is 20.6 Å². The van der Waals surface area contributed by atoms with Gasteiger partial charge >= 0.3 is 0 Å². The Morgan fingerprint density at radius 1 is 1.41 bits per heavy atom. The van der Waals surface area contributed by atoms with Crippen molar-refractivity contribution in [2.75, 3.05) is 20.6 Å². The van der Waals surface area contributed by atoms with Crippen molar-refractivity contribution in [1.29, 1.82) is 0 Å². The standard InChI is InChI=1S/C12H20BrN3S/c1-8(2)7-9-11(13)12(17)15-10(14-9)5-6-16(3)4/h8H,5-7H2,1-4H3,(H,14,15,17). The summed E-state index contributed by atoms with van der Waals surface area (Å²) in [6.07, 6.45) is 1.89. The molecule has 0 spiro atoms. The average molecular weight is 318 g/mol. The lowest BCUT2D eigenvalue weighted by molar-refractivity contribution is 0.409. The Morgan fingerprint density at radius 2 is 2.06 bits per heavy atom. The largest absolute Gasteiger partial charge is 0.346 e. The molecule has 1 aromatic heterocycles. The van der Waals surface area contributed by atoms with Gasteiger partial charge in [0.05, 0.1) is 4.47 Å². The molecular formula is C12H20BrN3S. The summed E-state index contributed by atoms with van der Waals surface area (Å²) in [4.78, 5) is 9.93.